The number of ether oxygens (including phenoxy) is 3. The normalized spacial score (nSPS) is 16.2. The van der Waals surface area contributed by atoms with Crippen LogP contribution in [0.1, 0.15) is 60.7 Å². The van der Waals surface area contributed by atoms with Crippen molar-refractivity contribution in [2.45, 2.75) is 51.7 Å². The molecular formula is C21H29N3O8. The predicted molar refractivity (Wildman–Crippen MR) is 115 cm³/mol. The molecule has 1 saturated heterocycles. The van der Waals surface area contributed by atoms with Crippen LogP contribution < -0.4 is 10.2 Å². The van der Waals surface area contributed by atoms with E-state index in [2.05, 4.69) is 5.32 Å². The number of alkyl carbamates (subject to hydrolysis) is 1. The van der Waals surface area contributed by atoms with Gasteiger partial charge in [0, 0.05) is 25.2 Å². The van der Waals surface area contributed by atoms with Gasteiger partial charge in [0.2, 0.25) is 0 Å². The minimum Gasteiger partial charge on any atom is -0.465 e. The summed E-state index contributed by atoms with van der Waals surface area (Å²) in [5.41, 5.74) is -1.22. The lowest BCUT2D eigenvalue weighted by atomic mass is 9.97. The number of hydrogen-bond acceptors (Lipinski definition) is 9. The van der Waals surface area contributed by atoms with E-state index in [0.29, 0.717) is 18.7 Å². The second kappa shape index (κ2) is 10.3. The van der Waals surface area contributed by atoms with E-state index in [-0.39, 0.29) is 23.7 Å². The Morgan fingerprint density at radius 3 is 2.31 bits per heavy atom. The van der Waals surface area contributed by atoms with Crippen molar-refractivity contribution in [2.24, 2.45) is 0 Å². The van der Waals surface area contributed by atoms with Crippen LogP contribution in [0.2, 0.25) is 0 Å². The number of amides is 1. The van der Waals surface area contributed by atoms with Gasteiger partial charge in [-0.2, -0.15) is 0 Å². The minimum atomic E-state index is -0.894. The molecule has 1 aliphatic heterocycles. The second-order valence-electron chi connectivity index (χ2n) is 8.35. The predicted octanol–water partition coefficient (Wildman–Crippen LogP) is 3.05. The lowest BCUT2D eigenvalue weighted by Crippen LogP contribution is -2.48. The number of nitro benzene ring substituents is 1. The molecular weight excluding hydrogens is 422 g/mol. The number of carbonyl (C=O) groups is 3. The van der Waals surface area contributed by atoms with E-state index in [4.69, 9.17) is 14.2 Å². The van der Waals surface area contributed by atoms with Crippen LogP contribution in [0, 0.1) is 10.1 Å². The summed E-state index contributed by atoms with van der Waals surface area (Å²) >= 11 is 0. The highest BCUT2D eigenvalue weighted by Crippen LogP contribution is 2.34. The average Bonchev–Trinajstić information content (AvgIpc) is 2.74. The van der Waals surface area contributed by atoms with Crippen LogP contribution in [-0.2, 0) is 14.2 Å². The van der Waals surface area contributed by atoms with Gasteiger partial charge in [-0.05, 0) is 46.1 Å². The number of anilines is 1. The van der Waals surface area contributed by atoms with E-state index in [1.165, 1.54) is 13.2 Å². The Kier molecular flexibility index (Phi) is 8.01. The van der Waals surface area contributed by atoms with Crippen molar-refractivity contribution in [3.8, 4) is 0 Å². The molecule has 1 aliphatic rings. The first kappa shape index (κ1) is 24.9. The fraction of sp³-hybridized carbons (Fsp3) is 0.571. The van der Waals surface area contributed by atoms with Gasteiger partial charge in [-0.25, -0.2) is 14.4 Å². The molecule has 2 rings (SSSR count). The minimum absolute atomic E-state index is 0.0454. The highest BCUT2D eigenvalue weighted by molar-refractivity contribution is 6.02. The van der Waals surface area contributed by atoms with E-state index < -0.39 is 34.2 Å². The summed E-state index contributed by atoms with van der Waals surface area (Å²) < 4.78 is 14.8. The zero-order valence-corrected chi connectivity index (χ0v) is 18.9. The third kappa shape index (κ3) is 6.08. The molecule has 1 aromatic carbocycles. The van der Waals surface area contributed by atoms with Crippen molar-refractivity contribution < 1.29 is 33.5 Å². The molecule has 1 N–H and O–H groups in total. The Balaban J connectivity index is 2.46. The summed E-state index contributed by atoms with van der Waals surface area (Å²) in [5.74, 6) is -1.67. The molecule has 0 saturated carbocycles. The molecule has 1 atom stereocenters. The van der Waals surface area contributed by atoms with Crippen LogP contribution in [0.25, 0.3) is 0 Å². The summed E-state index contributed by atoms with van der Waals surface area (Å²) in [4.78, 5) is 49.4. The Bertz CT molecular complexity index is 894. The molecule has 0 radical (unpaired) electrons. The summed E-state index contributed by atoms with van der Waals surface area (Å²) in [7, 11) is 2.29. The van der Waals surface area contributed by atoms with Crippen molar-refractivity contribution in [1.29, 1.82) is 0 Å². The van der Waals surface area contributed by atoms with Crippen LogP contribution in [-0.4, -0.2) is 61.9 Å². The zero-order chi connectivity index (χ0) is 24.1. The maximum Gasteiger partial charge on any atom is 0.407 e. The molecule has 1 fully saturated rings. The van der Waals surface area contributed by atoms with E-state index in [9.17, 15) is 24.5 Å². The molecule has 1 aromatic rings. The molecule has 1 amide bonds. The first-order chi connectivity index (χ1) is 15.0. The lowest BCUT2D eigenvalue weighted by Gasteiger charge is -2.38. The number of carbonyl (C=O) groups excluding carboxylic acids is 3. The fourth-order valence-corrected chi connectivity index (χ4v) is 3.56. The number of benzene rings is 1. The Morgan fingerprint density at radius 1 is 1.12 bits per heavy atom. The summed E-state index contributed by atoms with van der Waals surface area (Å²) in [5, 5.41) is 14.3. The van der Waals surface area contributed by atoms with Crippen molar-refractivity contribution >= 4 is 29.4 Å². The number of methoxy groups -OCH3 is 2. The smallest absolute Gasteiger partial charge is 0.407 e. The summed E-state index contributed by atoms with van der Waals surface area (Å²) in [6.45, 7) is 6.01. The van der Waals surface area contributed by atoms with Gasteiger partial charge in [-0.3, -0.25) is 10.1 Å². The molecule has 0 spiro atoms. The first-order valence-electron chi connectivity index (χ1n) is 10.2. The summed E-state index contributed by atoms with van der Waals surface area (Å²) in [6, 6.07) is 2.08. The standard InChI is InChI=1S/C21H29N3O8/c1-21(2,3)32-20(27)22-12-13-8-6-7-9-23(13)16-10-15(19(26)31-5)17(24(28)29)11-14(16)18(25)30-4/h10-11,13H,6-9,12H2,1-5H3,(H,22,27). The molecule has 176 valence electrons. The van der Waals surface area contributed by atoms with E-state index in [0.717, 1.165) is 26.0 Å². The quantitative estimate of drug-likeness (QED) is 0.299. The van der Waals surface area contributed by atoms with E-state index in [1.807, 2.05) is 4.90 Å². The molecule has 0 aromatic heterocycles. The van der Waals surface area contributed by atoms with Crippen molar-refractivity contribution in [3.05, 3.63) is 33.4 Å². The average molecular weight is 451 g/mol. The third-order valence-electron chi connectivity index (χ3n) is 4.94. The van der Waals surface area contributed by atoms with Gasteiger partial charge in [0.05, 0.1) is 30.4 Å². The number of rotatable bonds is 6. The molecule has 1 heterocycles. The van der Waals surface area contributed by atoms with Crippen LogP contribution in [0.3, 0.4) is 0 Å². The maximum atomic E-state index is 12.5. The number of hydrogen-bond donors (Lipinski definition) is 1. The number of esters is 2. The number of nitrogens with one attached hydrogen (secondary N) is 1. The van der Waals surface area contributed by atoms with Crippen molar-refractivity contribution in [2.75, 3.05) is 32.2 Å². The largest absolute Gasteiger partial charge is 0.465 e. The van der Waals surface area contributed by atoms with Crippen LogP contribution in [0.4, 0.5) is 16.2 Å². The highest BCUT2D eigenvalue weighted by atomic mass is 16.6. The second-order valence-corrected chi connectivity index (χ2v) is 8.35. The van der Waals surface area contributed by atoms with Gasteiger partial charge < -0.3 is 24.4 Å². The van der Waals surface area contributed by atoms with Crippen LogP contribution >= 0.6 is 0 Å². The van der Waals surface area contributed by atoms with Crippen LogP contribution in [0.5, 0.6) is 0 Å². The van der Waals surface area contributed by atoms with Gasteiger partial charge >= 0.3 is 18.0 Å². The molecule has 0 bridgehead atoms. The van der Waals surface area contributed by atoms with E-state index >= 15 is 0 Å². The molecule has 32 heavy (non-hydrogen) atoms. The third-order valence-corrected chi connectivity index (χ3v) is 4.94. The first-order valence-corrected chi connectivity index (χ1v) is 10.2. The highest BCUT2D eigenvalue weighted by Gasteiger charge is 2.32. The Hall–Kier alpha value is -3.37. The topological polar surface area (TPSA) is 137 Å². The maximum absolute atomic E-state index is 12.5. The number of piperidine rings is 1. The number of nitrogens with zero attached hydrogens (tertiary/aromatic N) is 2. The zero-order valence-electron chi connectivity index (χ0n) is 18.9. The van der Waals surface area contributed by atoms with Crippen molar-refractivity contribution in [1.82, 2.24) is 5.32 Å². The molecule has 11 nitrogen and oxygen atoms in total. The molecule has 1 unspecified atom stereocenters. The lowest BCUT2D eigenvalue weighted by molar-refractivity contribution is -0.385. The van der Waals surface area contributed by atoms with Gasteiger partial charge in [-0.1, -0.05) is 0 Å². The Labute approximate surface area is 186 Å². The summed E-state index contributed by atoms with van der Waals surface area (Å²) in [6.07, 6.45) is 1.81. The van der Waals surface area contributed by atoms with Gasteiger partial charge in [-0.15, -0.1) is 0 Å². The van der Waals surface area contributed by atoms with Crippen molar-refractivity contribution in [3.63, 3.8) is 0 Å². The SMILES string of the molecule is COC(=O)c1cc([N+](=O)[O-])c(C(=O)OC)cc1N1CCCCC1CNC(=O)OC(C)(C)C. The van der Waals surface area contributed by atoms with Crippen LogP contribution in [0.15, 0.2) is 12.1 Å². The van der Waals surface area contributed by atoms with Gasteiger partial charge in [0.25, 0.3) is 5.69 Å². The monoisotopic (exact) mass is 451 g/mol. The number of nitro groups is 1. The molecule has 11 heteroatoms. The van der Waals surface area contributed by atoms with Gasteiger partial charge in [0.15, 0.2) is 0 Å². The molecule has 0 aliphatic carbocycles. The van der Waals surface area contributed by atoms with Gasteiger partial charge in [0.1, 0.15) is 11.2 Å². The fourth-order valence-electron chi connectivity index (χ4n) is 3.56. The van der Waals surface area contributed by atoms with E-state index in [1.54, 1.807) is 20.8 Å². The Morgan fingerprint density at radius 2 is 1.75 bits per heavy atom.